The van der Waals surface area contributed by atoms with Gasteiger partial charge in [-0.3, -0.25) is 4.79 Å². The van der Waals surface area contributed by atoms with Crippen molar-refractivity contribution in [3.63, 3.8) is 0 Å². The number of hydrogen-bond acceptors (Lipinski definition) is 5. The smallest absolute Gasteiger partial charge is 0.257 e. The number of carbonyl (C=O) groups is 1. The van der Waals surface area contributed by atoms with Gasteiger partial charge in [-0.05, 0) is 43.9 Å². The zero-order chi connectivity index (χ0) is 18.5. The Balaban J connectivity index is 1.74. The highest BCUT2D eigenvalue weighted by atomic mass is 19.1. The number of likely N-dealkylation sites (N-methyl/N-ethyl adjacent to an activating group) is 1. The van der Waals surface area contributed by atoms with Crippen LogP contribution < -0.4 is 5.32 Å². The van der Waals surface area contributed by atoms with Crippen LogP contribution in [0.1, 0.15) is 23.8 Å². The predicted molar refractivity (Wildman–Crippen MR) is 97.3 cm³/mol. The monoisotopic (exact) mass is 358 g/mol. The summed E-state index contributed by atoms with van der Waals surface area (Å²) in [6.45, 7) is 1.76. The summed E-state index contributed by atoms with van der Waals surface area (Å²) in [5.41, 5.74) is 1.55. The van der Waals surface area contributed by atoms with Gasteiger partial charge in [-0.15, -0.1) is 0 Å². The minimum atomic E-state index is -0.298. The molecular weight excluding hydrogens is 335 g/mol. The molecule has 0 fully saturated rings. The van der Waals surface area contributed by atoms with E-state index in [1.165, 1.54) is 17.1 Å². The maximum absolute atomic E-state index is 13.2. The molecule has 6 nitrogen and oxygen atoms in total. The summed E-state index contributed by atoms with van der Waals surface area (Å²) in [5, 5.41) is 9.12. The van der Waals surface area contributed by atoms with Gasteiger partial charge >= 0.3 is 0 Å². The van der Waals surface area contributed by atoms with Crippen LogP contribution in [-0.2, 0) is 4.79 Å². The zero-order valence-corrected chi connectivity index (χ0v) is 15.0. The first-order valence-corrected chi connectivity index (χ1v) is 8.59. The lowest BCUT2D eigenvalue weighted by atomic mass is 10.0. The van der Waals surface area contributed by atoms with Crippen LogP contribution in [0.2, 0.25) is 0 Å². The molecule has 7 heteroatoms. The highest BCUT2D eigenvalue weighted by Gasteiger charge is 2.34. The number of hydrogen-bond donors (Lipinski definition) is 1. The van der Waals surface area contributed by atoms with E-state index in [2.05, 4.69) is 10.4 Å². The number of rotatable bonds is 7. The molecule has 0 radical (unpaired) electrons. The van der Waals surface area contributed by atoms with E-state index < -0.39 is 0 Å². The molecule has 1 amide bonds. The Morgan fingerprint density at radius 2 is 2.12 bits per heavy atom. The second-order valence-electron chi connectivity index (χ2n) is 6.51. The van der Waals surface area contributed by atoms with Crippen molar-refractivity contribution in [3.8, 4) is 0 Å². The van der Waals surface area contributed by atoms with Gasteiger partial charge in [0, 0.05) is 19.5 Å². The Morgan fingerprint density at radius 3 is 2.77 bits per heavy atom. The molecule has 0 spiro atoms. The van der Waals surface area contributed by atoms with Gasteiger partial charge in [0.15, 0.2) is 0 Å². The normalized spacial score (nSPS) is 17.0. The molecule has 2 heterocycles. The molecule has 1 aliphatic heterocycles. The number of hydrazone groups is 1. The van der Waals surface area contributed by atoms with Crippen LogP contribution in [0.3, 0.4) is 0 Å². The van der Waals surface area contributed by atoms with Gasteiger partial charge < -0.3 is 14.6 Å². The maximum Gasteiger partial charge on any atom is 0.257 e. The van der Waals surface area contributed by atoms with Gasteiger partial charge in [-0.2, -0.15) is 5.10 Å². The van der Waals surface area contributed by atoms with Crippen molar-refractivity contribution in [2.24, 2.45) is 5.10 Å². The molecule has 2 aromatic rings. The number of amides is 1. The first-order chi connectivity index (χ1) is 12.5. The fourth-order valence-corrected chi connectivity index (χ4v) is 2.84. The number of nitrogens with one attached hydrogen (secondary N) is 1. The standard InChI is InChI=1S/C19H23FN4O2/c1-23(2)10-9-21-13-19(25)24-17(18-4-3-11-26-18)12-16(22-24)14-5-7-15(20)8-6-14/h3-8,11,17,21H,9-10,12-13H2,1-2H3. The van der Waals surface area contributed by atoms with Crippen LogP contribution in [0, 0.1) is 5.82 Å². The molecule has 1 atom stereocenters. The minimum Gasteiger partial charge on any atom is -0.467 e. The topological polar surface area (TPSA) is 61.1 Å². The average Bonchev–Trinajstić information content (AvgIpc) is 3.28. The van der Waals surface area contributed by atoms with Crippen LogP contribution in [-0.4, -0.2) is 55.3 Å². The lowest BCUT2D eigenvalue weighted by molar-refractivity contribution is -0.132. The molecule has 26 heavy (non-hydrogen) atoms. The van der Waals surface area contributed by atoms with Crippen LogP contribution in [0.15, 0.2) is 52.2 Å². The summed E-state index contributed by atoms with van der Waals surface area (Å²) < 4.78 is 18.7. The van der Waals surface area contributed by atoms with Crippen LogP contribution in [0.25, 0.3) is 0 Å². The molecule has 1 aromatic carbocycles. The highest BCUT2D eigenvalue weighted by molar-refractivity contribution is 6.03. The molecule has 0 saturated heterocycles. The second kappa shape index (κ2) is 8.25. The molecule has 0 saturated carbocycles. The number of furan rings is 1. The van der Waals surface area contributed by atoms with E-state index in [-0.39, 0.29) is 24.3 Å². The fraction of sp³-hybridized carbons (Fsp3) is 0.368. The van der Waals surface area contributed by atoms with E-state index in [4.69, 9.17) is 4.42 Å². The lowest BCUT2D eigenvalue weighted by Gasteiger charge is -2.20. The number of benzene rings is 1. The number of carbonyl (C=O) groups excluding carboxylic acids is 1. The minimum absolute atomic E-state index is 0.123. The average molecular weight is 358 g/mol. The maximum atomic E-state index is 13.2. The van der Waals surface area contributed by atoms with E-state index in [9.17, 15) is 9.18 Å². The fourth-order valence-electron chi connectivity index (χ4n) is 2.84. The van der Waals surface area contributed by atoms with Crippen LogP contribution >= 0.6 is 0 Å². The largest absolute Gasteiger partial charge is 0.467 e. The Kier molecular flexibility index (Phi) is 5.80. The van der Waals surface area contributed by atoms with Gasteiger partial charge in [0.1, 0.15) is 17.6 Å². The van der Waals surface area contributed by atoms with E-state index in [0.29, 0.717) is 18.7 Å². The van der Waals surface area contributed by atoms with Crippen molar-refractivity contribution in [2.75, 3.05) is 33.7 Å². The van der Waals surface area contributed by atoms with Gasteiger partial charge in [0.25, 0.3) is 5.91 Å². The Bertz CT molecular complexity index is 756. The quantitative estimate of drug-likeness (QED) is 0.771. The van der Waals surface area contributed by atoms with Crippen molar-refractivity contribution in [2.45, 2.75) is 12.5 Å². The molecule has 1 unspecified atom stereocenters. The molecule has 1 aliphatic rings. The second-order valence-corrected chi connectivity index (χ2v) is 6.51. The highest BCUT2D eigenvalue weighted by Crippen LogP contribution is 2.32. The molecular formula is C19H23FN4O2. The summed E-state index contributed by atoms with van der Waals surface area (Å²) in [7, 11) is 3.96. The van der Waals surface area contributed by atoms with Gasteiger partial charge in [0.05, 0.1) is 18.5 Å². The molecule has 0 bridgehead atoms. The van der Waals surface area contributed by atoms with Crippen molar-refractivity contribution >= 4 is 11.6 Å². The van der Waals surface area contributed by atoms with Crippen molar-refractivity contribution < 1.29 is 13.6 Å². The third-order valence-corrected chi connectivity index (χ3v) is 4.23. The first-order valence-electron chi connectivity index (χ1n) is 8.59. The number of halogens is 1. The van der Waals surface area contributed by atoms with Crippen molar-refractivity contribution in [3.05, 3.63) is 59.8 Å². The Hall–Kier alpha value is -2.51. The van der Waals surface area contributed by atoms with E-state index in [1.807, 2.05) is 25.1 Å². The van der Waals surface area contributed by atoms with E-state index in [1.54, 1.807) is 24.5 Å². The summed E-state index contributed by atoms with van der Waals surface area (Å²) in [6.07, 6.45) is 2.12. The Morgan fingerprint density at radius 1 is 1.35 bits per heavy atom. The predicted octanol–water partition coefficient (Wildman–Crippen LogP) is 2.25. The van der Waals surface area contributed by atoms with Gasteiger partial charge in [-0.25, -0.2) is 9.40 Å². The van der Waals surface area contributed by atoms with Crippen molar-refractivity contribution in [1.29, 1.82) is 0 Å². The summed E-state index contributed by atoms with van der Waals surface area (Å²) in [6, 6.07) is 9.50. The molecule has 138 valence electrons. The van der Waals surface area contributed by atoms with Gasteiger partial charge in [0.2, 0.25) is 0 Å². The zero-order valence-electron chi connectivity index (χ0n) is 15.0. The summed E-state index contributed by atoms with van der Waals surface area (Å²) >= 11 is 0. The first kappa shape index (κ1) is 18.3. The summed E-state index contributed by atoms with van der Waals surface area (Å²) in [4.78, 5) is 14.7. The third-order valence-electron chi connectivity index (χ3n) is 4.23. The Labute approximate surface area is 152 Å². The summed E-state index contributed by atoms with van der Waals surface area (Å²) in [5.74, 6) is 0.266. The van der Waals surface area contributed by atoms with Gasteiger partial charge in [-0.1, -0.05) is 12.1 Å². The van der Waals surface area contributed by atoms with Crippen LogP contribution in [0.5, 0.6) is 0 Å². The lowest BCUT2D eigenvalue weighted by Crippen LogP contribution is -2.37. The molecule has 1 aromatic heterocycles. The van der Waals surface area contributed by atoms with E-state index >= 15 is 0 Å². The molecule has 0 aliphatic carbocycles. The number of nitrogens with zero attached hydrogens (tertiary/aromatic N) is 3. The SMILES string of the molecule is CN(C)CCNCC(=O)N1N=C(c2ccc(F)cc2)CC1c1ccco1. The molecule has 3 rings (SSSR count). The van der Waals surface area contributed by atoms with Crippen molar-refractivity contribution in [1.82, 2.24) is 15.2 Å². The third kappa shape index (κ3) is 4.36. The van der Waals surface area contributed by atoms with E-state index in [0.717, 1.165) is 17.8 Å². The van der Waals surface area contributed by atoms with Crippen LogP contribution in [0.4, 0.5) is 4.39 Å². The molecule has 1 N–H and O–H groups in total.